The number of rotatable bonds is 4. The molecule has 1 aliphatic heterocycles. The molecule has 94 valence electrons. The molecule has 1 unspecified atom stereocenters. The number of fused-ring (bicyclic) bond motifs is 1. The van der Waals surface area contributed by atoms with E-state index in [9.17, 15) is 0 Å². The van der Waals surface area contributed by atoms with Crippen LogP contribution < -0.4 is 15.2 Å². The van der Waals surface area contributed by atoms with Crippen LogP contribution in [-0.4, -0.2) is 19.3 Å². The van der Waals surface area contributed by atoms with E-state index in [4.69, 9.17) is 15.2 Å². The molecular formula is C14H21NO2. The molecule has 0 amide bonds. The second kappa shape index (κ2) is 5.41. The Morgan fingerprint density at radius 2 is 1.88 bits per heavy atom. The van der Waals surface area contributed by atoms with E-state index in [0.717, 1.165) is 24.3 Å². The van der Waals surface area contributed by atoms with Gasteiger partial charge in [0.05, 0.1) is 0 Å². The molecule has 0 radical (unpaired) electrons. The molecule has 3 heteroatoms. The molecular weight excluding hydrogens is 214 g/mol. The van der Waals surface area contributed by atoms with Gasteiger partial charge in [0.2, 0.25) is 0 Å². The first-order valence-electron chi connectivity index (χ1n) is 6.31. The van der Waals surface area contributed by atoms with Gasteiger partial charge < -0.3 is 15.2 Å². The van der Waals surface area contributed by atoms with Crippen molar-refractivity contribution >= 4 is 0 Å². The summed E-state index contributed by atoms with van der Waals surface area (Å²) in [5.74, 6) is 2.26. The van der Waals surface area contributed by atoms with Crippen LogP contribution >= 0.6 is 0 Å². The highest BCUT2D eigenvalue weighted by Crippen LogP contribution is 2.31. The van der Waals surface area contributed by atoms with Gasteiger partial charge in [-0.15, -0.1) is 0 Å². The van der Waals surface area contributed by atoms with Crippen molar-refractivity contribution in [1.29, 1.82) is 0 Å². The van der Waals surface area contributed by atoms with E-state index in [1.54, 1.807) is 0 Å². The number of aryl methyl sites for hydroxylation is 1. The Balaban J connectivity index is 1.97. The topological polar surface area (TPSA) is 44.5 Å². The van der Waals surface area contributed by atoms with Crippen LogP contribution in [-0.2, 0) is 6.42 Å². The van der Waals surface area contributed by atoms with Gasteiger partial charge in [-0.05, 0) is 36.5 Å². The molecule has 0 fully saturated rings. The molecule has 1 aliphatic rings. The maximum atomic E-state index is 6.05. The molecule has 2 N–H and O–H groups in total. The van der Waals surface area contributed by atoms with Crippen LogP contribution in [0.4, 0.5) is 0 Å². The van der Waals surface area contributed by atoms with E-state index in [2.05, 4.69) is 26.0 Å². The van der Waals surface area contributed by atoms with Gasteiger partial charge in [-0.1, -0.05) is 19.9 Å². The Labute approximate surface area is 103 Å². The molecule has 0 bridgehead atoms. The average Bonchev–Trinajstić information content (AvgIpc) is 2.35. The summed E-state index contributed by atoms with van der Waals surface area (Å²) in [4.78, 5) is 0. The third-order valence-corrected chi connectivity index (χ3v) is 3.23. The van der Waals surface area contributed by atoms with Crippen molar-refractivity contribution in [2.45, 2.75) is 32.7 Å². The van der Waals surface area contributed by atoms with Gasteiger partial charge >= 0.3 is 0 Å². The van der Waals surface area contributed by atoms with Crippen molar-refractivity contribution in [2.75, 3.05) is 13.2 Å². The van der Waals surface area contributed by atoms with Crippen molar-refractivity contribution in [2.24, 2.45) is 11.7 Å². The quantitative estimate of drug-likeness (QED) is 0.871. The minimum Gasteiger partial charge on any atom is -0.486 e. The van der Waals surface area contributed by atoms with Crippen LogP contribution in [0.1, 0.15) is 25.8 Å². The number of nitrogens with two attached hydrogens (primary N) is 1. The molecule has 1 aromatic rings. The minimum absolute atomic E-state index is 0.267. The lowest BCUT2D eigenvalue weighted by molar-refractivity contribution is 0.171. The molecule has 3 nitrogen and oxygen atoms in total. The smallest absolute Gasteiger partial charge is 0.161 e. The van der Waals surface area contributed by atoms with Crippen LogP contribution in [0.5, 0.6) is 11.5 Å². The summed E-state index contributed by atoms with van der Waals surface area (Å²) in [6, 6.07) is 6.43. The molecule has 1 atom stereocenters. The van der Waals surface area contributed by atoms with Crippen LogP contribution in [0.25, 0.3) is 0 Å². The van der Waals surface area contributed by atoms with Crippen LogP contribution in [0.2, 0.25) is 0 Å². The monoisotopic (exact) mass is 235 g/mol. The molecule has 1 heterocycles. The first-order valence-corrected chi connectivity index (χ1v) is 6.31. The Kier molecular flexibility index (Phi) is 3.89. The lowest BCUT2D eigenvalue weighted by Gasteiger charge is -2.19. The zero-order chi connectivity index (χ0) is 12.3. The normalized spacial score (nSPS) is 16.0. The predicted octanol–water partition coefficient (Wildman–Crippen LogP) is 2.37. The van der Waals surface area contributed by atoms with Crippen LogP contribution in [0.3, 0.4) is 0 Å². The number of hydrogen-bond donors (Lipinski definition) is 1. The van der Waals surface area contributed by atoms with Crippen LogP contribution in [0, 0.1) is 5.92 Å². The highest BCUT2D eigenvalue weighted by atomic mass is 16.6. The summed E-state index contributed by atoms with van der Waals surface area (Å²) >= 11 is 0. The molecule has 1 aromatic carbocycles. The Morgan fingerprint density at radius 3 is 2.59 bits per heavy atom. The van der Waals surface area contributed by atoms with E-state index >= 15 is 0 Å². The van der Waals surface area contributed by atoms with Gasteiger partial charge in [-0.2, -0.15) is 0 Å². The summed E-state index contributed by atoms with van der Waals surface area (Å²) in [7, 11) is 0. The van der Waals surface area contributed by atoms with E-state index in [1.165, 1.54) is 5.56 Å². The maximum absolute atomic E-state index is 6.05. The van der Waals surface area contributed by atoms with E-state index < -0.39 is 0 Å². The molecule has 0 aromatic heterocycles. The predicted molar refractivity (Wildman–Crippen MR) is 68.6 cm³/mol. The molecule has 2 rings (SSSR count). The summed E-state index contributed by atoms with van der Waals surface area (Å²) < 4.78 is 11.1. The second-order valence-electron chi connectivity index (χ2n) is 4.92. The molecule has 0 saturated heterocycles. The molecule has 0 saturated carbocycles. The van der Waals surface area contributed by atoms with Crippen LogP contribution in [0.15, 0.2) is 18.2 Å². The largest absolute Gasteiger partial charge is 0.486 e. The van der Waals surface area contributed by atoms with E-state index in [1.807, 2.05) is 6.07 Å². The summed E-state index contributed by atoms with van der Waals surface area (Å²) in [5, 5.41) is 0. The standard InChI is InChI=1S/C14H21NO2/c1-10(2)12(15)5-3-11-4-6-13-14(9-11)17-8-7-16-13/h4,6,9-10,12H,3,5,7-8,15H2,1-2H3. The first kappa shape index (κ1) is 12.2. The highest BCUT2D eigenvalue weighted by molar-refractivity contribution is 5.43. The third-order valence-electron chi connectivity index (χ3n) is 3.23. The fourth-order valence-corrected chi connectivity index (χ4v) is 1.91. The van der Waals surface area contributed by atoms with Gasteiger partial charge in [0.1, 0.15) is 13.2 Å². The van der Waals surface area contributed by atoms with E-state index in [-0.39, 0.29) is 6.04 Å². The van der Waals surface area contributed by atoms with Crippen molar-refractivity contribution in [3.8, 4) is 11.5 Å². The molecule has 0 spiro atoms. The van der Waals surface area contributed by atoms with Gasteiger partial charge in [-0.3, -0.25) is 0 Å². The summed E-state index contributed by atoms with van der Waals surface area (Å²) in [6.07, 6.45) is 2.01. The Morgan fingerprint density at radius 1 is 1.18 bits per heavy atom. The van der Waals surface area contributed by atoms with Crippen molar-refractivity contribution in [3.63, 3.8) is 0 Å². The molecule has 17 heavy (non-hydrogen) atoms. The lowest BCUT2D eigenvalue weighted by atomic mass is 9.97. The van der Waals surface area contributed by atoms with Crippen molar-refractivity contribution in [1.82, 2.24) is 0 Å². The first-order chi connectivity index (χ1) is 8.16. The van der Waals surface area contributed by atoms with E-state index in [0.29, 0.717) is 19.1 Å². The number of ether oxygens (including phenoxy) is 2. The van der Waals surface area contributed by atoms with Crippen molar-refractivity contribution < 1.29 is 9.47 Å². The number of hydrogen-bond acceptors (Lipinski definition) is 3. The van der Waals surface area contributed by atoms with Gasteiger partial charge in [-0.25, -0.2) is 0 Å². The third kappa shape index (κ3) is 3.13. The van der Waals surface area contributed by atoms with Crippen molar-refractivity contribution in [3.05, 3.63) is 23.8 Å². The Bertz CT molecular complexity index is 376. The van der Waals surface area contributed by atoms with Gasteiger partial charge in [0, 0.05) is 6.04 Å². The van der Waals surface area contributed by atoms with Gasteiger partial charge in [0.25, 0.3) is 0 Å². The second-order valence-corrected chi connectivity index (χ2v) is 4.92. The zero-order valence-corrected chi connectivity index (χ0v) is 10.6. The summed E-state index contributed by atoms with van der Waals surface area (Å²) in [5.41, 5.74) is 7.32. The number of benzene rings is 1. The zero-order valence-electron chi connectivity index (χ0n) is 10.6. The maximum Gasteiger partial charge on any atom is 0.161 e. The summed E-state index contributed by atoms with van der Waals surface area (Å²) in [6.45, 7) is 5.61. The minimum atomic E-state index is 0.267. The average molecular weight is 235 g/mol. The fourth-order valence-electron chi connectivity index (χ4n) is 1.91. The Hall–Kier alpha value is -1.22. The molecule has 0 aliphatic carbocycles. The highest BCUT2D eigenvalue weighted by Gasteiger charge is 2.13. The SMILES string of the molecule is CC(C)C(N)CCc1ccc2c(c1)OCCO2. The van der Waals surface area contributed by atoms with Gasteiger partial charge in [0.15, 0.2) is 11.5 Å². The lowest BCUT2D eigenvalue weighted by Crippen LogP contribution is -2.26. The fraction of sp³-hybridized carbons (Fsp3) is 0.571.